The lowest BCUT2D eigenvalue weighted by molar-refractivity contribution is 0.0218. The van der Waals surface area contributed by atoms with E-state index in [4.69, 9.17) is 21.1 Å². The average molecular weight is 744 g/mol. The van der Waals surface area contributed by atoms with Crippen LogP contribution in [-0.2, 0) is 16.1 Å². The minimum Gasteiger partial charge on any atom is -0.445 e. The van der Waals surface area contributed by atoms with Crippen molar-refractivity contribution < 1.29 is 19.1 Å². The highest BCUT2D eigenvalue weighted by molar-refractivity contribution is 6.31. The molecule has 10 nitrogen and oxygen atoms in total. The SMILES string of the molecule is CC(C)(C)OC(=O)N1CCC[C@H]1c1ncc(-c2ccc3cc(-c4ccc5c(=O)c(Cl)c(C6CCCN6C(=O)OCc6ccccc6)[nH]c5c4)ccc3c2)[nH]1. The fraction of sp³-hybridized carbons (Fsp3) is 0.302. The van der Waals surface area contributed by atoms with Gasteiger partial charge in [0.05, 0.1) is 35.2 Å². The molecule has 0 radical (unpaired) electrons. The van der Waals surface area contributed by atoms with E-state index in [9.17, 15) is 14.4 Å². The molecule has 4 aromatic carbocycles. The molecule has 2 amide bonds. The maximum atomic E-state index is 13.5. The Balaban J connectivity index is 1.02. The molecule has 2 N–H and O–H groups in total. The summed E-state index contributed by atoms with van der Waals surface area (Å²) in [5.41, 5.74) is 5.06. The first-order valence-electron chi connectivity index (χ1n) is 18.4. The molecule has 11 heteroatoms. The topological polar surface area (TPSA) is 121 Å². The van der Waals surface area contributed by atoms with E-state index >= 15 is 0 Å². The number of likely N-dealkylation sites (tertiary alicyclic amines) is 2. The number of nitrogens with zero attached hydrogens (tertiary/aromatic N) is 3. The van der Waals surface area contributed by atoms with Gasteiger partial charge >= 0.3 is 12.2 Å². The van der Waals surface area contributed by atoms with Crippen molar-refractivity contribution >= 4 is 45.5 Å². The van der Waals surface area contributed by atoms with E-state index < -0.39 is 17.7 Å². The van der Waals surface area contributed by atoms with Crippen LogP contribution in [0.15, 0.2) is 95.9 Å². The number of aromatic nitrogens is 3. The Morgan fingerprint density at radius 1 is 0.815 bits per heavy atom. The van der Waals surface area contributed by atoms with Crippen molar-refractivity contribution in [2.45, 2.75) is 70.7 Å². The number of pyridine rings is 1. The van der Waals surface area contributed by atoms with Crippen LogP contribution in [0.2, 0.25) is 5.02 Å². The Kier molecular flexibility index (Phi) is 9.39. The van der Waals surface area contributed by atoms with Gasteiger partial charge in [-0.3, -0.25) is 14.6 Å². The minimum atomic E-state index is -0.562. The van der Waals surface area contributed by atoms with Crippen LogP contribution in [0.3, 0.4) is 0 Å². The third-order valence-electron chi connectivity index (χ3n) is 10.3. The lowest BCUT2D eigenvalue weighted by Gasteiger charge is -2.27. The third kappa shape index (κ3) is 7.06. The van der Waals surface area contributed by atoms with E-state index in [1.54, 1.807) is 15.9 Å². The number of nitrogens with one attached hydrogen (secondary N) is 2. The number of imidazole rings is 1. The van der Waals surface area contributed by atoms with E-state index in [0.29, 0.717) is 36.1 Å². The van der Waals surface area contributed by atoms with Crippen LogP contribution in [0.1, 0.15) is 75.6 Å². The molecule has 2 aromatic heterocycles. The second-order valence-electron chi connectivity index (χ2n) is 15.1. The Morgan fingerprint density at radius 2 is 1.46 bits per heavy atom. The molecule has 2 aliphatic rings. The number of benzene rings is 4. The molecule has 8 rings (SSSR count). The quantitative estimate of drug-likeness (QED) is 0.175. The monoisotopic (exact) mass is 743 g/mol. The summed E-state index contributed by atoms with van der Waals surface area (Å²) in [7, 11) is 0. The number of carbonyl (C=O) groups excluding carboxylic acids is 2. The number of halogens is 1. The van der Waals surface area contributed by atoms with Crippen molar-refractivity contribution in [1.29, 1.82) is 0 Å². The Bertz CT molecular complexity index is 2440. The van der Waals surface area contributed by atoms with Crippen LogP contribution < -0.4 is 5.43 Å². The summed E-state index contributed by atoms with van der Waals surface area (Å²) in [6.45, 7) is 6.95. The van der Waals surface area contributed by atoms with Gasteiger partial charge in [-0.15, -0.1) is 0 Å². The predicted molar refractivity (Wildman–Crippen MR) is 210 cm³/mol. The summed E-state index contributed by atoms with van der Waals surface area (Å²) in [5.74, 6) is 0.756. The van der Waals surface area contributed by atoms with Crippen molar-refractivity contribution in [2.75, 3.05) is 13.1 Å². The van der Waals surface area contributed by atoms with Crippen LogP contribution in [0.25, 0.3) is 44.1 Å². The van der Waals surface area contributed by atoms with E-state index in [2.05, 4.69) is 51.4 Å². The maximum absolute atomic E-state index is 13.5. The van der Waals surface area contributed by atoms with Gasteiger partial charge in [0.25, 0.3) is 0 Å². The van der Waals surface area contributed by atoms with Gasteiger partial charge < -0.3 is 19.4 Å². The van der Waals surface area contributed by atoms with E-state index in [1.165, 1.54) is 0 Å². The van der Waals surface area contributed by atoms with Gasteiger partial charge in [0.1, 0.15) is 23.1 Å². The van der Waals surface area contributed by atoms with Crippen molar-refractivity contribution in [3.63, 3.8) is 0 Å². The highest BCUT2D eigenvalue weighted by Gasteiger charge is 2.36. The first kappa shape index (κ1) is 35.4. The van der Waals surface area contributed by atoms with Crippen LogP contribution in [0.5, 0.6) is 0 Å². The first-order valence-corrected chi connectivity index (χ1v) is 18.8. The molecule has 2 aliphatic heterocycles. The van der Waals surface area contributed by atoms with Crippen molar-refractivity contribution in [2.24, 2.45) is 0 Å². The number of rotatable bonds is 6. The molecule has 1 unspecified atom stereocenters. The van der Waals surface area contributed by atoms with Crippen molar-refractivity contribution in [3.05, 3.63) is 123 Å². The van der Waals surface area contributed by atoms with Crippen molar-refractivity contribution in [3.8, 4) is 22.4 Å². The van der Waals surface area contributed by atoms with Crippen LogP contribution in [0.4, 0.5) is 9.59 Å². The number of ether oxygens (including phenoxy) is 2. The zero-order chi connectivity index (χ0) is 37.6. The molecule has 2 saturated heterocycles. The van der Waals surface area contributed by atoms with Gasteiger partial charge in [-0.25, -0.2) is 14.6 Å². The maximum Gasteiger partial charge on any atom is 0.410 e. The molecule has 2 atom stereocenters. The number of amides is 2. The average Bonchev–Trinajstić information content (AvgIpc) is 3.96. The molecule has 2 fully saturated rings. The second-order valence-corrected chi connectivity index (χ2v) is 15.5. The van der Waals surface area contributed by atoms with Crippen LogP contribution in [-0.4, -0.2) is 55.6 Å². The molecule has 4 heterocycles. The molecule has 0 aliphatic carbocycles. The summed E-state index contributed by atoms with van der Waals surface area (Å²) in [4.78, 5) is 54.6. The molecular weight excluding hydrogens is 702 g/mol. The summed E-state index contributed by atoms with van der Waals surface area (Å²) in [5, 5.41) is 2.70. The summed E-state index contributed by atoms with van der Waals surface area (Å²) < 4.78 is 11.3. The number of H-pyrrole nitrogens is 2. The number of aromatic amines is 2. The summed E-state index contributed by atoms with van der Waals surface area (Å²) in [6, 6.07) is 27.3. The molecule has 0 spiro atoms. The van der Waals surface area contributed by atoms with E-state index in [0.717, 1.165) is 63.8 Å². The lowest BCUT2D eigenvalue weighted by atomic mass is 9.98. The van der Waals surface area contributed by atoms with Gasteiger partial charge in [-0.2, -0.15) is 0 Å². The predicted octanol–water partition coefficient (Wildman–Crippen LogP) is 9.94. The fourth-order valence-electron chi connectivity index (χ4n) is 7.62. The molecule has 54 heavy (non-hydrogen) atoms. The summed E-state index contributed by atoms with van der Waals surface area (Å²) in [6.07, 6.45) is 4.24. The minimum absolute atomic E-state index is 0.0949. The highest BCUT2D eigenvalue weighted by atomic mass is 35.5. The van der Waals surface area contributed by atoms with Gasteiger partial charge in [0, 0.05) is 24.0 Å². The van der Waals surface area contributed by atoms with Crippen LogP contribution in [0, 0.1) is 0 Å². The van der Waals surface area contributed by atoms with Crippen molar-refractivity contribution in [1.82, 2.24) is 24.8 Å². The second kappa shape index (κ2) is 14.3. The number of hydrogen-bond acceptors (Lipinski definition) is 6. The number of hydrogen-bond donors (Lipinski definition) is 2. The normalized spacial score (nSPS) is 17.4. The highest BCUT2D eigenvalue weighted by Crippen LogP contribution is 2.37. The third-order valence-corrected chi connectivity index (χ3v) is 10.6. The molecule has 0 bridgehead atoms. The summed E-state index contributed by atoms with van der Waals surface area (Å²) >= 11 is 6.70. The molecular formula is C43H42ClN5O5. The zero-order valence-electron chi connectivity index (χ0n) is 30.5. The van der Waals surface area contributed by atoms with E-state index in [-0.39, 0.29) is 29.2 Å². The van der Waals surface area contributed by atoms with Gasteiger partial charge in [0.2, 0.25) is 5.43 Å². The Labute approximate surface area is 318 Å². The standard InChI is InChI=1S/C43H42ClN5O5/c1-43(2,3)54-42(52)49-20-8-12-36(49)40-45-24-34(47-40)31-16-15-27-21-28(13-14-29(27)22-31)30-17-18-32-33(23-30)46-38(37(44)39(32)50)35-11-7-19-48(35)41(51)53-25-26-9-5-4-6-10-26/h4-6,9-10,13-18,21-24,35-36H,7-8,11-12,19-20,25H2,1-3H3,(H,45,47)(H,46,50)/t35?,36-/m0/s1. The largest absolute Gasteiger partial charge is 0.445 e. The van der Waals surface area contributed by atoms with Crippen LogP contribution >= 0.6 is 11.6 Å². The molecule has 6 aromatic rings. The van der Waals surface area contributed by atoms with E-state index in [1.807, 2.05) is 69.4 Å². The lowest BCUT2D eigenvalue weighted by Crippen LogP contribution is -2.36. The fourth-order valence-corrected chi connectivity index (χ4v) is 7.89. The smallest absolute Gasteiger partial charge is 0.410 e. The molecule has 0 saturated carbocycles. The van der Waals surface area contributed by atoms with Gasteiger partial charge in [-0.05, 0) is 98.2 Å². The van der Waals surface area contributed by atoms with Gasteiger partial charge in [-0.1, -0.05) is 72.3 Å². The Hall–Kier alpha value is -5.61. The molecule has 276 valence electrons. The number of fused-ring (bicyclic) bond motifs is 2. The number of carbonyl (C=O) groups is 2. The van der Waals surface area contributed by atoms with Gasteiger partial charge in [0.15, 0.2) is 0 Å². The zero-order valence-corrected chi connectivity index (χ0v) is 31.3. The Morgan fingerprint density at radius 3 is 2.20 bits per heavy atom. The first-order chi connectivity index (χ1) is 26.0.